The molecule has 3 atom stereocenters. The minimum absolute atomic E-state index is 0.0347. The summed E-state index contributed by atoms with van der Waals surface area (Å²) in [4.78, 5) is 0. The number of aromatic hydroxyl groups is 1. The molecule has 0 amide bonds. The van der Waals surface area contributed by atoms with Crippen LogP contribution in [0.15, 0.2) is 42.5 Å². The predicted octanol–water partition coefficient (Wildman–Crippen LogP) is 4.51. The van der Waals surface area contributed by atoms with Gasteiger partial charge in [0.25, 0.3) is 0 Å². The van der Waals surface area contributed by atoms with Crippen LogP contribution in [0, 0.1) is 0 Å². The van der Waals surface area contributed by atoms with Crippen molar-refractivity contribution < 1.29 is 28.1 Å². The summed E-state index contributed by atoms with van der Waals surface area (Å²) < 4.78 is 43.9. The van der Waals surface area contributed by atoms with Gasteiger partial charge in [0.1, 0.15) is 0 Å². The molecule has 1 heterocycles. The number of hydrogen-bond donors (Lipinski definition) is 3. The lowest BCUT2D eigenvalue weighted by molar-refractivity contribution is -0.137. The maximum Gasteiger partial charge on any atom is 0.416 e. The van der Waals surface area contributed by atoms with Crippen LogP contribution in [0.25, 0.3) is 0 Å². The average molecular weight is 395 g/mol. The normalized spacial score (nSPS) is 25.5. The summed E-state index contributed by atoms with van der Waals surface area (Å²) in [6.07, 6.45) is -3.74. The van der Waals surface area contributed by atoms with Gasteiger partial charge in [0, 0.05) is 12.1 Å². The fraction of sp³-hybridized carbons (Fsp3) is 0.429. The van der Waals surface area contributed by atoms with Gasteiger partial charge in [0.05, 0.1) is 17.8 Å². The third-order valence-electron chi connectivity index (χ3n) is 5.11. The molecule has 1 unspecified atom stereocenters. The van der Waals surface area contributed by atoms with Gasteiger partial charge in [-0.15, -0.1) is 0 Å². The number of rotatable bonds is 4. The first-order valence-corrected chi connectivity index (χ1v) is 9.24. The quantitative estimate of drug-likeness (QED) is 0.713. The molecular formula is C21H24F3NO3. The van der Waals surface area contributed by atoms with E-state index in [2.05, 4.69) is 5.32 Å². The number of phenols is 1. The zero-order valence-corrected chi connectivity index (χ0v) is 15.8. The van der Waals surface area contributed by atoms with Crippen molar-refractivity contribution in [1.82, 2.24) is 5.32 Å². The Morgan fingerprint density at radius 3 is 2.43 bits per heavy atom. The van der Waals surface area contributed by atoms with E-state index in [-0.39, 0.29) is 17.8 Å². The van der Waals surface area contributed by atoms with Crippen LogP contribution in [0.4, 0.5) is 13.2 Å². The molecule has 152 valence electrons. The number of aliphatic hydroxyl groups is 1. The van der Waals surface area contributed by atoms with Gasteiger partial charge >= 0.3 is 6.18 Å². The smallest absolute Gasteiger partial charge is 0.416 e. The monoisotopic (exact) mass is 395 g/mol. The van der Waals surface area contributed by atoms with Crippen molar-refractivity contribution in [2.75, 3.05) is 6.61 Å². The van der Waals surface area contributed by atoms with Gasteiger partial charge in [-0.1, -0.05) is 18.2 Å². The van der Waals surface area contributed by atoms with Gasteiger partial charge in [0.15, 0.2) is 11.5 Å². The molecule has 28 heavy (non-hydrogen) atoms. The van der Waals surface area contributed by atoms with Crippen molar-refractivity contribution in [2.24, 2.45) is 0 Å². The summed E-state index contributed by atoms with van der Waals surface area (Å²) in [6.45, 7) is 4.14. The standard InChI is InChI=1S/C21H24F3NO3/c1-3-28-19-10-14(4-9-18(19)26)17-12-20(27,11-13(2)25-17)15-5-7-16(8-6-15)21(22,23)24/h4-10,13,17,25-27H,3,11-12H2,1-2H3/t13-,17-,20?/m0/s1. The van der Waals surface area contributed by atoms with Gasteiger partial charge in [-0.2, -0.15) is 13.2 Å². The number of benzene rings is 2. The third-order valence-corrected chi connectivity index (χ3v) is 5.11. The highest BCUT2D eigenvalue weighted by Gasteiger charge is 2.40. The summed E-state index contributed by atoms with van der Waals surface area (Å²) in [6, 6.07) is 9.42. The van der Waals surface area contributed by atoms with E-state index in [1.54, 1.807) is 18.2 Å². The van der Waals surface area contributed by atoms with Gasteiger partial charge in [-0.3, -0.25) is 0 Å². The van der Waals surface area contributed by atoms with Crippen molar-refractivity contribution in [3.05, 3.63) is 59.2 Å². The Labute approximate surface area is 162 Å². The van der Waals surface area contributed by atoms with Crippen LogP contribution < -0.4 is 10.1 Å². The van der Waals surface area contributed by atoms with Crippen LogP contribution in [0.2, 0.25) is 0 Å². The molecule has 0 spiro atoms. The van der Waals surface area contributed by atoms with Crippen molar-refractivity contribution in [1.29, 1.82) is 0 Å². The summed E-state index contributed by atoms with van der Waals surface area (Å²) in [5.41, 5.74) is -0.706. The van der Waals surface area contributed by atoms with Crippen molar-refractivity contribution in [2.45, 2.75) is 50.6 Å². The minimum Gasteiger partial charge on any atom is -0.504 e. The second-order valence-electron chi connectivity index (χ2n) is 7.30. The maximum atomic E-state index is 12.8. The van der Waals surface area contributed by atoms with Gasteiger partial charge in [0.2, 0.25) is 0 Å². The van der Waals surface area contributed by atoms with Crippen LogP contribution in [0.3, 0.4) is 0 Å². The number of piperidine rings is 1. The third kappa shape index (κ3) is 4.25. The van der Waals surface area contributed by atoms with Crippen molar-refractivity contribution in [3.8, 4) is 11.5 Å². The lowest BCUT2D eigenvalue weighted by Crippen LogP contribution is -2.46. The molecule has 2 aromatic carbocycles. The number of ether oxygens (including phenoxy) is 1. The van der Waals surface area contributed by atoms with E-state index in [4.69, 9.17) is 4.74 Å². The van der Waals surface area contributed by atoms with E-state index in [9.17, 15) is 23.4 Å². The Balaban J connectivity index is 1.89. The molecule has 3 N–H and O–H groups in total. The van der Waals surface area contributed by atoms with E-state index in [1.807, 2.05) is 13.8 Å². The first kappa shape index (κ1) is 20.5. The molecular weight excluding hydrogens is 371 g/mol. The van der Waals surface area contributed by atoms with Crippen LogP contribution in [-0.4, -0.2) is 22.9 Å². The zero-order valence-electron chi connectivity index (χ0n) is 15.8. The lowest BCUT2D eigenvalue weighted by Gasteiger charge is -2.41. The Hall–Kier alpha value is -2.25. The van der Waals surface area contributed by atoms with Crippen LogP contribution in [0.1, 0.15) is 49.4 Å². The van der Waals surface area contributed by atoms with E-state index < -0.39 is 17.3 Å². The zero-order chi connectivity index (χ0) is 20.5. The fourth-order valence-electron chi connectivity index (χ4n) is 3.83. The first-order chi connectivity index (χ1) is 13.1. The largest absolute Gasteiger partial charge is 0.504 e. The molecule has 0 radical (unpaired) electrons. The summed E-state index contributed by atoms with van der Waals surface area (Å²) >= 11 is 0. The van der Waals surface area contributed by atoms with Gasteiger partial charge < -0.3 is 20.3 Å². The van der Waals surface area contributed by atoms with E-state index in [1.165, 1.54) is 12.1 Å². The maximum absolute atomic E-state index is 12.8. The van der Waals surface area contributed by atoms with Crippen LogP contribution in [0.5, 0.6) is 11.5 Å². The first-order valence-electron chi connectivity index (χ1n) is 9.24. The SMILES string of the molecule is CCOc1cc([C@@H]2CC(O)(c3ccc(C(F)(F)F)cc3)C[C@H](C)N2)ccc1O. The predicted molar refractivity (Wildman–Crippen MR) is 99.2 cm³/mol. The molecule has 1 aliphatic rings. The number of alkyl halides is 3. The van der Waals surface area contributed by atoms with E-state index in [0.717, 1.165) is 17.7 Å². The number of phenolic OH excluding ortho intramolecular Hbond substituents is 1. The second-order valence-corrected chi connectivity index (χ2v) is 7.30. The molecule has 4 nitrogen and oxygen atoms in total. The molecule has 0 aromatic heterocycles. The summed E-state index contributed by atoms with van der Waals surface area (Å²) in [5.74, 6) is 0.394. The lowest BCUT2D eigenvalue weighted by atomic mass is 9.77. The van der Waals surface area contributed by atoms with Crippen molar-refractivity contribution in [3.63, 3.8) is 0 Å². The van der Waals surface area contributed by atoms with Crippen LogP contribution in [-0.2, 0) is 11.8 Å². The summed E-state index contributed by atoms with van der Waals surface area (Å²) in [7, 11) is 0. The Bertz CT molecular complexity index is 823. The van der Waals surface area contributed by atoms with Crippen LogP contribution >= 0.6 is 0 Å². The molecule has 2 aromatic rings. The molecule has 3 rings (SSSR count). The van der Waals surface area contributed by atoms with Crippen molar-refractivity contribution >= 4 is 0 Å². The Kier molecular flexibility index (Phi) is 5.59. The highest BCUT2D eigenvalue weighted by atomic mass is 19.4. The molecule has 0 saturated carbocycles. The number of nitrogens with one attached hydrogen (secondary N) is 1. The second kappa shape index (κ2) is 7.64. The molecule has 7 heteroatoms. The van der Waals surface area contributed by atoms with Gasteiger partial charge in [-0.05, 0) is 62.1 Å². The molecule has 0 bridgehead atoms. The highest BCUT2D eigenvalue weighted by molar-refractivity contribution is 5.43. The summed E-state index contributed by atoms with van der Waals surface area (Å²) in [5, 5.41) is 24.6. The van der Waals surface area contributed by atoms with Gasteiger partial charge in [-0.25, -0.2) is 0 Å². The molecule has 0 aliphatic carbocycles. The van der Waals surface area contributed by atoms with E-state index >= 15 is 0 Å². The average Bonchev–Trinajstić information content (AvgIpc) is 2.62. The highest BCUT2D eigenvalue weighted by Crippen LogP contribution is 2.42. The Morgan fingerprint density at radius 1 is 1.14 bits per heavy atom. The fourth-order valence-corrected chi connectivity index (χ4v) is 3.83. The Morgan fingerprint density at radius 2 is 1.82 bits per heavy atom. The molecule has 1 aliphatic heterocycles. The molecule has 1 saturated heterocycles. The number of halogens is 3. The number of hydrogen-bond acceptors (Lipinski definition) is 4. The minimum atomic E-state index is -4.41. The van der Waals surface area contributed by atoms with E-state index in [0.29, 0.717) is 30.8 Å². The molecule has 1 fully saturated rings. The topological polar surface area (TPSA) is 61.7 Å².